The Bertz CT molecular complexity index is 36.0. The minimum atomic E-state index is 0. The Labute approximate surface area is 62.6 Å². The summed E-state index contributed by atoms with van der Waals surface area (Å²) in [5, 5.41) is 8.24. The molecule has 2 nitrogen and oxygen atoms in total. The summed E-state index contributed by atoms with van der Waals surface area (Å²) >= 11 is 0. The molecule has 0 bridgehead atoms. The fourth-order valence-electron chi connectivity index (χ4n) is 0.413. The Kier molecular flexibility index (Phi) is 14.7. The first-order valence-electron chi connectivity index (χ1n) is 3.10. The third kappa shape index (κ3) is 11.7. The number of ether oxygens (including phenoxy) is 1. The van der Waals surface area contributed by atoms with Gasteiger partial charge in [0.15, 0.2) is 0 Å². The number of rotatable bonds is 5. The van der Waals surface area contributed by atoms with Gasteiger partial charge in [-0.05, 0) is 6.42 Å². The van der Waals surface area contributed by atoms with Crippen LogP contribution in [0.5, 0.6) is 0 Å². The maximum absolute atomic E-state index is 8.24. The minimum absolute atomic E-state index is 0. The zero-order valence-corrected chi connectivity index (χ0v) is 6.62. The predicted octanol–water partition coefficient (Wildman–Crippen LogP) is 1.22. The van der Waals surface area contributed by atoms with Crippen LogP contribution < -0.4 is 0 Å². The van der Waals surface area contributed by atoms with Gasteiger partial charge in [0.25, 0.3) is 0 Å². The van der Waals surface area contributed by atoms with E-state index in [0.29, 0.717) is 6.61 Å². The molecule has 0 spiro atoms. The Balaban J connectivity index is 0. The van der Waals surface area contributed by atoms with E-state index in [0.717, 1.165) is 19.4 Å². The maximum atomic E-state index is 8.24. The first-order valence-corrected chi connectivity index (χ1v) is 3.10. The highest BCUT2D eigenvalue weighted by molar-refractivity contribution is 5.85. The third-order valence-electron chi connectivity index (χ3n) is 0.878. The number of halogens is 1. The Morgan fingerprint density at radius 3 is 2.44 bits per heavy atom. The van der Waals surface area contributed by atoms with E-state index in [1.54, 1.807) is 0 Å². The lowest BCUT2D eigenvalue weighted by molar-refractivity contribution is 0.0904. The van der Waals surface area contributed by atoms with Gasteiger partial charge in [-0.1, -0.05) is 13.3 Å². The lowest BCUT2D eigenvalue weighted by Crippen LogP contribution is -1.99. The van der Waals surface area contributed by atoms with Crippen molar-refractivity contribution in [2.75, 3.05) is 19.8 Å². The smallest absolute Gasteiger partial charge is 0.0697 e. The Morgan fingerprint density at radius 2 is 2.00 bits per heavy atom. The molecular formula is C6H15ClO2. The summed E-state index contributed by atoms with van der Waals surface area (Å²) in [6.45, 7) is 3.53. The minimum Gasteiger partial charge on any atom is -0.394 e. The highest BCUT2D eigenvalue weighted by Crippen LogP contribution is 1.85. The molecule has 0 atom stereocenters. The monoisotopic (exact) mass is 154 g/mol. The van der Waals surface area contributed by atoms with Crippen molar-refractivity contribution in [3.05, 3.63) is 0 Å². The molecule has 0 aromatic rings. The molecule has 0 saturated carbocycles. The molecule has 0 aliphatic rings. The fourth-order valence-corrected chi connectivity index (χ4v) is 0.413. The number of aliphatic hydroxyl groups is 1. The number of hydrogen-bond acceptors (Lipinski definition) is 2. The summed E-state index contributed by atoms with van der Waals surface area (Å²) in [4.78, 5) is 0. The first kappa shape index (κ1) is 11.9. The van der Waals surface area contributed by atoms with Crippen molar-refractivity contribution in [2.45, 2.75) is 19.8 Å². The number of unbranched alkanes of at least 4 members (excludes halogenated alkanes) is 1. The largest absolute Gasteiger partial charge is 0.394 e. The normalized spacial score (nSPS) is 8.67. The van der Waals surface area contributed by atoms with Crippen molar-refractivity contribution in [3.63, 3.8) is 0 Å². The summed E-state index contributed by atoms with van der Waals surface area (Å²) in [6.07, 6.45) is 2.26. The standard InChI is InChI=1S/C6H14O2.ClH/c1-2-3-5-8-6-4-7;/h7H,2-6H2,1H3;1H. The average molecular weight is 155 g/mol. The van der Waals surface area contributed by atoms with E-state index in [1.165, 1.54) is 0 Å². The molecular weight excluding hydrogens is 140 g/mol. The van der Waals surface area contributed by atoms with Gasteiger partial charge in [0.1, 0.15) is 0 Å². The van der Waals surface area contributed by atoms with Crippen LogP contribution in [0.25, 0.3) is 0 Å². The predicted molar refractivity (Wildman–Crippen MR) is 40.1 cm³/mol. The first-order chi connectivity index (χ1) is 3.91. The van der Waals surface area contributed by atoms with E-state index in [-0.39, 0.29) is 19.0 Å². The van der Waals surface area contributed by atoms with Gasteiger partial charge in [0.05, 0.1) is 13.2 Å². The van der Waals surface area contributed by atoms with Gasteiger partial charge < -0.3 is 9.84 Å². The van der Waals surface area contributed by atoms with Gasteiger partial charge in [0, 0.05) is 6.61 Å². The zero-order valence-electron chi connectivity index (χ0n) is 5.80. The van der Waals surface area contributed by atoms with E-state index in [1.807, 2.05) is 0 Å². The van der Waals surface area contributed by atoms with Crippen molar-refractivity contribution in [1.29, 1.82) is 0 Å². The number of aliphatic hydroxyl groups excluding tert-OH is 1. The second-order valence-corrected chi connectivity index (χ2v) is 1.69. The van der Waals surface area contributed by atoms with Gasteiger partial charge in [-0.3, -0.25) is 0 Å². The topological polar surface area (TPSA) is 29.5 Å². The Hall–Kier alpha value is 0.210. The molecule has 0 unspecified atom stereocenters. The quantitative estimate of drug-likeness (QED) is 0.604. The molecule has 0 aliphatic heterocycles. The van der Waals surface area contributed by atoms with Crippen LogP contribution in [0.1, 0.15) is 19.8 Å². The van der Waals surface area contributed by atoms with Crippen molar-refractivity contribution >= 4 is 12.4 Å². The van der Waals surface area contributed by atoms with Crippen molar-refractivity contribution < 1.29 is 9.84 Å². The average Bonchev–Trinajstić information content (AvgIpc) is 1.81. The highest BCUT2D eigenvalue weighted by Gasteiger charge is 1.82. The summed E-state index contributed by atoms with van der Waals surface area (Å²) in [5.41, 5.74) is 0. The highest BCUT2D eigenvalue weighted by atomic mass is 35.5. The molecule has 0 amide bonds. The molecule has 3 heteroatoms. The zero-order chi connectivity index (χ0) is 6.24. The molecule has 0 radical (unpaired) electrons. The van der Waals surface area contributed by atoms with Crippen molar-refractivity contribution in [1.82, 2.24) is 0 Å². The summed E-state index contributed by atoms with van der Waals surface area (Å²) in [6, 6.07) is 0. The van der Waals surface area contributed by atoms with Crippen LogP contribution in [-0.2, 0) is 4.74 Å². The second kappa shape index (κ2) is 11.1. The van der Waals surface area contributed by atoms with E-state index in [9.17, 15) is 0 Å². The van der Waals surface area contributed by atoms with Crippen LogP contribution in [0.15, 0.2) is 0 Å². The molecule has 0 fully saturated rings. The maximum Gasteiger partial charge on any atom is 0.0697 e. The second-order valence-electron chi connectivity index (χ2n) is 1.69. The summed E-state index contributed by atoms with van der Waals surface area (Å²) < 4.78 is 4.97. The van der Waals surface area contributed by atoms with Crippen LogP contribution in [0, 0.1) is 0 Å². The molecule has 0 rings (SSSR count). The van der Waals surface area contributed by atoms with Crippen molar-refractivity contribution in [3.8, 4) is 0 Å². The van der Waals surface area contributed by atoms with Gasteiger partial charge in [-0.2, -0.15) is 0 Å². The molecule has 0 aromatic carbocycles. The van der Waals surface area contributed by atoms with E-state index < -0.39 is 0 Å². The number of hydrogen-bond donors (Lipinski definition) is 1. The van der Waals surface area contributed by atoms with Crippen LogP contribution >= 0.6 is 12.4 Å². The fraction of sp³-hybridized carbons (Fsp3) is 1.00. The van der Waals surface area contributed by atoms with Crippen LogP contribution in [-0.4, -0.2) is 24.9 Å². The molecule has 0 saturated heterocycles. The summed E-state index contributed by atoms with van der Waals surface area (Å²) in [7, 11) is 0. The van der Waals surface area contributed by atoms with Gasteiger partial charge in [-0.15, -0.1) is 12.4 Å². The molecule has 0 aromatic heterocycles. The van der Waals surface area contributed by atoms with Crippen molar-refractivity contribution in [2.24, 2.45) is 0 Å². The van der Waals surface area contributed by atoms with Crippen LogP contribution in [0.2, 0.25) is 0 Å². The third-order valence-corrected chi connectivity index (χ3v) is 0.878. The summed E-state index contributed by atoms with van der Waals surface area (Å²) in [5.74, 6) is 0. The lowest BCUT2D eigenvalue weighted by Gasteiger charge is -1.97. The molecule has 0 aliphatic carbocycles. The Morgan fingerprint density at radius 1 is 1.33 bits per heavy atom. The molecule has 0 heterocycles. The van der Waals surface area contributed by atoms with E-state index in [4.69, 9.17) is 9.84 Å². The van der Waals surface area contributed by atoms with Gasteiger partial charge in [0.2, 0.25) is 0 Å². The van der Waals surface area contributed by atoms with Gasteiger partial charge >= 0.3 is 0 Å². The molecule has 58 valence electrons. The lowest BCUT2D eigenvalue weighted by atomic mass is 10.4. The van der Waals surface area contributed by atoms with Gasteiger partial charge in [-0.25, -0.2) is 0 Å². The van der Waals surface area contributed by atoms with Crippen LogP contribution in [0.3, 0.4) is 0 Å². The molecule has 1 N–H and O–H groups in total. The van der Waals surface area contributed by atoms with E-state index in [2.05, 4.69) is 6.92 Å². The van der Waals surface area contributed by atoms with Crippen LogP contribution in [0.4, 0.5) is 0 Å². The van der Waals surface area contributed by atoms with E-state index >= 15 is 0 Å². The molecule has 9 heavy (non-hydrogen) atoms. The SMILES string of the molecule is CCCCOCCO.Cl.